The lowest BCUT2D eigenvalue weighted by atomic mass is 9.89. The number of carboxylic acid groups (broad SMARTS) is 1. The molecule has 0 radical (unpaired) electrons. The van der Waals surface area contributed by atoms with Crippen LogP contribution < -0.4 is 11.1 Å². The number of hydrogen-bond acceptors (Lipinski definition) is 5. The van der Waals surface area contributed by atoms with Crippen molar-refractivity contribution in [2.75, 3.05) is 18.8 Å². The SMILES string of the molecule is Nc1ncnc(C(=O)O)c1C1CCNCC1. The minimum absolute atomic E-state index is 0.0411. The van der Waals surface area contributed by atoms with Crippen LogP contribution in [-0.4, -0.2) is 34.1 Å². The maximum Gasteiger partial charge on any atom is 0.354 e. The van der Waals surface area contributed by atoms with E-state index in [-0.39, 0.29) is 11.6 Å². The molecule has 16 heavy (non-hydrogen) atoms. The second-order valence-corrected chi connectivity index (χ2v) is 3.85. The molecule has 1 aliphatic heterocycles. The Morgan fingerprint density at radius 2 is 2.12 bits per heavy atom. The monoisotopic (exact) mass is 222 g/mol. The second-order valence-electron chi connectivity index (χ2n) is 3.85. The summed E-state index contributed by atoms with van der Waals surface area (Å²) in [6, 6.07) is 0. The molecule has 1 aromatic heterocycles. The predicted octanol–water partition coefficient (Wildman–Crippen LogP) is 0.224. The maximum atomic E-state index is 11.1. The maximum absolute atomic E-state index is 11.1. The first-order valence-corrected chi connectivity index (χ1v) is 5.24. The molecule has 4 N–H and O–H groups in total. The van der Waals surface area contributed by atoms with Gasteiger partial charge in [0.1, 0.15) is 12.1 Å². The number of nitrogen functional groups attached to an aromatic ring is 1. The third-order valence-electron chi connectivity index (χ3n) is 2.86. The topological polar surface area (TPSA) is 101 Å². The molecule has 6 nitrogen and oxygen atoms in total. The van der Waals surface area contributed by atoms with Crippen LogP contribution in [0.2, 0.25) is 0 Å². The molecule has 1 aromatic rings. The molecule has 0 aliphatic carbocycles. The third-order valence-corrected chi connectivity index (χ3v) is 2.86. The van der Waals surface area contributed by atoms with E-state index in [1.165, 1.54) is 6.33 Å². The molecule has 86 valence electrons. The standard InChI is InChI=1S/C10H14N4O2/c11-9-7(6-1-3-12-4-2-6)8(10(15)16)13-5-14-9/h5-6,12H,1-4H2,(H,15,16)(H2,11,13,14). The summed E-state index contributed by atoms with van der Waals surface area (Å²) < 4.78 is 0. The molecule has 1 saturated heterocycles. The summed E-state index contributed by atoms with van der Waals surface area (Å²) in [5, 5.41) is 12.3. The molecule has 0 aromatic carbocycles. The number of aromatic nitrogens is 2. The molecule has 1 aliphatic rings. The summed E-state index contributed by atoms with van der Waals surface area (Å²) in [6.45, 7) is 1.75. The van der Waals surface area contributed by atoms with E-state index < -0.39 is 5.97 Å². The fourth-order valence-corrected chi connectivity index (χ4v) is 2.09. The van der Waals surface area contributed by atoms with Crippen LogP contribution >= 0.6 is 0 Å². The average molecular weight is 222 g/mol. The number of rotatable bonds is 2. The average Bonchev–Trinajstić information content (AvgIpc) is 2.29. The van der Waals surface area contributed by atoms with E-state index in [4.69, 9.17) is 10.8 Å². The summed E-state index contributed by atoms with van der Waals surface area (Å²) in [5.41, 5.74) is 6.39. The molecule has 0 saturated carbocycles. The number of aromatic carboxylic acids is 1. The summed E-state index contributed by atoms with van der Waals surface area (Å²) in [4.78, 5) is 18.7. The van der Waals surface area contributed by atoms with Crippen molar-refractivity contribution in [2.24, 2.45) is 0 Å². The number of carbonyl (C=O) groups is 1. The van der Waals surface area contributed by atoms with Crippen LogP contribution in [0.4, 0.5) is 5.82 Å². The van der Waals surface area contributed by atoms with Crippen molar-refractivity contribution < 1.29 is 9.90 Å². The first kappa shape index (κ1) is 10.8. The molecule has 0 atom stereocenters. The molecule has 6 heteroatoms. The minimum atomic E-state index is -1.04. The van der Waals surface area contributed by atoms with Gasteiger partial charge in [-0.1, -0.05) is 0 Å². The molecule has 0 spiro atoms. The zero-order valence-electron chi connectivity index (χ0n) is 8.81. The van der Waals surface area contributed by atoms with Gasteiger partial charge in [-0.3, -0.25) is 0 Å². The van der Waals surface area contributed by atoms with Crippen LogP contribution in [0.3, 0.4) is 0 Å². The van der Waals surface area contributed by atoms with Crippen LogP contribution in [0.5, 0.6) is 0 Å². The van der Waals surface area contributed by atoms with Crippen molar-refractivity contribution >= 4 is 11.8 Å². The van der Waals surface area contributed by atoms with E-state index in [2.05, 4.69) is 15.3 Å². The van der Waals surface area contributed by atoms with E-state index in [0.29, 0.717) is 11.4 Å². The molecular weight excluding hydrogens is 208 g/mol. The Morgan fingerprint density at radius 1 is 1.44 bits per heavy atom. The number of nitrogens with one attached hydrogen (secondary N) is 1. The van der Waals surface area contributed by atoms with Gasteiger partial charge in [-0.15, -0.1) is 0 Å². The molecule has 2 heterocycles. The van der Waals surface area contributed by atoms with Gasteiger partial charge in [-0.25, -0.2) is 14.8 Å². The Morgan fingerprint density at radius 3 is 2.75 bits per heavy atom. The van der Waals surface area contributed by atoms with Gasteiger partial charge >= 0.3 is 5.97 Å². The van der Waals surface area contributed by atoms with Crippen LogP contribution in [-0.2, 0) is 0 Å². The van der Waals surface area contributed by atoms with E-state index in [0.717, 1.165) is 25.9 Å². The van der Waals surface area contributed by atoms with E-state index in [1.807, 2.05) is 0 Å². The summed E-state index contributed by atoms with van der Waals surface area (Å²) >= 11 is 0. The lowest BCUT2D eigenvalue weighted by Crippen LogP contribution is -2.28. The fourth-order valence-electron chi connectivity index (χ4n) is 2.09. The first-order chi connectivity index (χ1) is 7.70. The molecule has 2 rings (SSSR count). The van der Waals surface area contributed by atoms with E-state index >= 15 is 0 Å². The largest absolute Gasteiger partial charge is 0.476 e. The Balaban J connectivity index is 2.40. The van der Waals surface area contributed by atoms with Crippen molar-refractivity contribution in [3.63, 3.8) is 0 Å². The van der Waals surface area contributed by atoms with Crippen LogP contribution in [0.15, 0.2) is 6.33 Å². The highest BCUT2D eigenvalue weighted by Gasteiger charge is 2.25. The third kappa shape index (κ3) is 1.96. The molecule has 0 bridgehead atoms. The quantitative estimate of drug-likeness (QED) is 0.662. The molecule has 0 unspecified atom stereocenters. The Kier molecular flexibility index (Phi) is 3.00. The van der Waals surface area contributed by atoms with Crippen LogP contribution in [0, 0.1) is 0 Å². The smallest absolute Gasteiger partial charge is 0.354 e. The summed E-state index contributed by atoms with van der Waals surface area (Å²) in [6.07, 6.45) is 2.94. The van der Waals surface area contributed by atoms with Crippen LogP contribution in [0.25, 0.3) is 0 Å². The highest BCUT2D eigenvalue weighted by atomic mass is 16.4. The van der Waals surface area contributed by atoms with Gasteiger partial charge in [0.25, 0.3) is 0 Å². The minimum Gasteiger partial charge on any atom is -0.476 e. The lowest BCUT2D eigenvalue weighted by molar-refractivity contribution is 0.0688. The van der Waals surface area contributed by atoms with Gasteiger partial charge in [-0.05, 0) is 31.8 Å². The number of hydrogen-bond donors (Lipinski definition) is 3. The zero-order chi connectivity index (χ0) is 11.5. The molecular formula is C10H14N4O2. The Labute approximate surface area is 92.9 Å². The van der Waals surface area contributed by atoms with Gasteiger partial charge in [-0.2, -0.15) is 0 Å². The number of anilines is 1. The first-order valence-electron chi connectivity index (χ1n) is 5.24. The highest BCUT2D eigenvalue weighted by Crippen LogP contribution is 2.30. The van der Waals surface area contributed by atoms with Gasteiger partial charge < -0.3 is 16.2 Å². The van der Waals surface area contributed by atoms with Crippen molar-refractivity contribution in [3.8, 4) is 0 Å². The number of nitrogens with two attached hydrogens (primary N) is 1. The fraction of sp³-hybridized carbons (Fsp3) is 0.500. The lowest BCUT2D eigenvalue weighted by Gasteiger charge is -2.24. The van der Waals surface area contributed by atoms with Gasteiger partial charge in [0.2, 0.25) is 0 Å². The normalized spacial score (nSPS) is 17.2. The Hall–Kier alpha value is -1.69. The Bertz CT molecular complexity index is 402. The van der Waals surface area contributed by atoms with Gasteiger partial charge in [0.15, 0.2) is 5.69 Å². The van der Waals surface area contributed by atoms with Gasteiger partial charge in [0.05, 0.1) is 0 Å². The van der Waals surface area contributed by atoms with Crippen molar-refractivity contribution in [1.29, 1.82) is 0 Å². The zero-order valence-corrected chi connectivity index (χ0v) is 8.81. The summed E-state index contributed by atoms with van der Waals surface area (Å²) in [5.74, 6) is -0.601. The highest BCUT2D eigenvalue weighted by molar-refractivity contribution is 5.88. The van der Waals surface area contributed by atoms with Crippen molar-refractivity contribution in [3.05, 3.63) is 17.6 Å². The van der Waals surface area contributed by atoms with Gasteiger partial charge in [0, 0.05) is 5.56 Å². The number of nitrogens with zero attached hydrogens (tertiary/aromatic N) is 2. The van der Waals surface area contributed by atoms with Crippen LogP contribution in [0.1, 0.15) is 34.8 Å². The second kappa shape index (κ2) is 4.44. The van der Waals surface area contributed by atoms with Crippen molar-refractivity contribution in [2.45, 2.75) is 18.8 Å². The number of carboxylic acids is 1. The predicted molar refractivity (Wildman–Crippen MR) is 58.2 cm³/mol. The van der Waals surface area contributed by atoms with E-state index in [1.54, 1.807) is 0 Å². The summed E-state index contributed by atoms with van der Waals surface area (Å²) in [7, 11) is 0. The number of piperidine rings is 1. The van der Waals surface area contributed by atoms with E-state index in [9.17, 15) is 4.79 Å². The molecule has 1 fully saturated rings. The molecule has 0 amide bonds. The van der Waals surface area contributed by atoms with Crippen molar-refractivity contribution in [1.82, 2.24) is 15.3 Å².